The molecule has 0 radical (unpaired) electrons. The minimum Gasteiger partial charge on any atom is -0.385 e. The Morgan fingerprint density at radius 3 is 2.25 bits per heavy atom. The molecule has 86 valence electrons. The molecule has 0 unspecified atom stereocenters. The van der Waals surface area contributed by atoms with E-state index in [9.17, 15) is 5.11 Å². The molecule has 0 aliphatic heterocycles. The molecule has 0 saturated heterocycles. The molecule has 0 amide bonds. The summed E-state index contributed by atoms with van der Waals surface area (Å²) in [5, 5.41) is 10.3. The van der Waals surface area contributed by atoms with E-state index in [2.05, 4.69) is 18.2 Å². The number of ether oxygens (including phenoxy) is 1. The molecule has 0 heterocycles. The van der Waals surface area contributed by atoms with Crippen LogP contribution in [0.1, 0.15) is 36.8 Å². The summed E-state index contributed by atoms with van der Waals surface area (Å²) in [6.07, 6.45) is 4.20. The van der Waals surface area contributed by atoms with Crippen molar-refractivity contribution in [1.29, 1.82) is 0 Å². The molecule has 1 N–H and O–H groups in total. The van der Waals surface area contributed by atoms with Crippen LogP contribution in [0, 0.1) is 0 Å². The molecule has 2 nitrogen and oxygen atoms in total. The lowest BCUT2D eigenvalue weighted by molar-refractivity contribution is 0.144. The van der Waals surface area contributed by atoms with E-state index in [0.717, 1.165) is 25.0 Å². The summed E-state index contributed by atoms with van der Waals surface area (Å²) in [6, 6.07) is 8.34. The fraction of sp³-hybridized carbons (Fsp3) is 0.571. The normalized spacial score (nSPS) is 24.1. The SMILES string of the molecule is COCC1(c2ccccc2C2(O)CC2)CC1. The zero-order chi connectivity index (χ0) is 11.2. The first-order valence-corrected chi connectivity index (χ1v) is 6.02. The molecule has 16 heavy (non-hydrogen) atoms. The summed E-state index contributed by atoms with van der Waals surface area (Å²) in [5.41, 5.74) is 2.13. The molecule has 0 bridgehead atoms. The molecule has 0 aromatic heterocycles. The molecule has 1 aromatic carbocycles. The van der Waals surface area contributed by atoms with Gasteiger partial charge in [0.1, 0.15) is 0 Å². The molecule has 2 aliphatic rings. The number of rotatable bonds is 4. The average Bonchev–Trinajstić information content (AvgIpc) is 3.19. The highest BCUT2D eigenvalue weighted by atomic mass is 16.5. The van der Waals surface area contributed by atoms with Crippen molar-refractivity contribution in [3.05, 3.63) is 35.4 Å². The predicted octanol–water partition coefficient (Wildman–Crippen LogP) is 2.35. The highest BCUT2D eigenvalue weighted by Crippen LogP contribution is 2.55. The van der Waals surface area contributed by atoms with Crippen molar-refractivity contribution in [2.75, 3.05) is 13.7 Å². The maximum Gasteiger partial charge on any atom is 0.0901 e. The quantitative estimate of drug-likeness (QED) is 0.840. The van der Waals surface area contributed by atoms with Crippen molar-refractivity contribution in [1.82, 2.24) is 0 Å². The Bertz CT molecular complexity index is 403. The second-order valence-corrected chi connectivity index (χ2v) is 5.29. The average molecular weight is 218 g/mol. The Labute approximate surface area is 96.2 Å². The van der Waals surface area contributed by atoms with Crippen LogP contribution in [-0.2, 0) is 15.8 Å². The second kappa shape index (κ2) is 3.31. The molecule has 2 aliphatic carbocycles. The molecular weight excluding hydrogens is 200 g/mol. The zero-order valence-electron chi connectivity index (χ0n) is 9.70. The van der Waals surface area contributed by atoms with E-state index >= 15 is 0 Å². The maximum atomic E-state index is 10.3. The van der Waals surface area contributed by atoms with Crippen molar-refractivity contribution in [3.8, 4) is 0 Å². The second-order valence-electron chi connectivity index (χ2n) is 5.29. The van der Waals surface area contributed by atoms with Gasteiger partial charge >= 0.3 is 0 Å². The molecular formula is C14H18O2. The van der Waals surface area contributed by atoms with Gasteiger partial charge in [0.05, 0.1) is 12.2 Å². The number of methoxy groups -OCH3 is 1. The van der Waals surface area contributed by atoms with Crippen molar-refractivity contribution in [2.24, 2.45) is 0 Å². The standard InChI is InChI=1S/C14H18O2/c1-16-10-13(6-7-13)11-4-2-3-5-12(11)14(15)8-9-14/h2-5,15H,6-10H2,1H3. The van der Waals surface area contributed by atoms with Gasteiger partial charge in [-0.3, -0.25) is 0 Å². The molecule has 3 rings (SSSR count). The van der Waals surface area contributed by atoms with Crippen molar-refractivity contribution >= 4 is 0 Å². The van der Waals surface area contributed by atoms with Crippen LogP contribution in [0.3, 0.4) is 0 Å². The van der Waals surface area contributed by atoms with Gasteiger partial charge in [-0.05, 0) is 36.8 Å². The monoisotopic (exact) mass is 218 g/mol. The fourth-order valence-corrected chi connectivity index (χ4v) is 2.66. The summed E-state index contributed by atoms with van der Waals surface area (Å²) in [5.74, 6) is 0. The van der Waals surface area contributed by atoms with Gasteiger partial charge in [-0.15, -0.1) is 0 Å². The van der Waals surface area contributed by atoms with Gasteiger partial charge in [0.2, 0.25) is 0 Å². The summed E-state index contributed by atoms with van der Waals surface area (Å²) in [6.45, 7) is 0.778. The van der Waals surface area contributed by atoms with Gasteiger partial charge in [-0.2, -0.15) is 0 Å². The van der Waals surface area contributed by atoms with Gasteiger partial charge in [0.25, 0.3) is 0 Å². The van der Waals surface area contributed by atoms with Gasteiger partial charge < -0.3 is 9.84 Å². The minimum absolute atomic E-state index is 0.198. The molecule has 0 spiro atoms. The van der Waals surface area contributed by atoms with E-state index in [1.165, 1.54) is 18.4 Å². The van der Waals surface area contributed by atoms with Gasteiger partial charge in [0.15, 0.2) is 0 Å². The Hall–Kier alpha value is -0.860. The van der Waals surface area contributed by atoms with Crippen molar-refractivity contribution in [3.63, 3.8) is 0 Å². The van der Waals surface area contributed by atoms with Crippen LogP contribution in [-0.4, -0.2) is 18.8 Å². The predicted molar refractivity (Wildman–Crippen MR) is 62.4 cm³/mol. The van der Waals surface area contributed by atoms with Crippen LogP contribution in [0.5, 0.6) is 0 Å². The summed E-state index contributed by atoms with van der Waals surface area (Å²) >= 11 is 0. The first-order chi connectivity index (χ1) is 7.70. The van der Waals surface area contributed by atoms with E-state index in [1.807, 2.05) is 6.07 Å². The Morgan fingerprint density at radius 1 is 1.12 bits per heavy atom. The number of benzene rings is 1. The number of hydrogen-bond donors (Lipinski definition) is 1. The Kier molecular flexibility index (Phi) is 2.13. The van der Waals surface area contributed by atoms with E-state index in [0.29, 0.717) is 0 Å². The molecule has 1 aromatic rings. The van der Waals surface area contributed by atoms with Gasteiger partial charge in [-0.1, -0.05) is 24.3 Å². The molecule has 0 atom stereocenters. The van der Waals surface area contributed by atoms with Crippen molar-refractivity contribution in [2.45, 2.75) is 36.7 Å². The Balaban J connectivity index is 2.01. The van der Waals surface area contributed by atoms with Gasteiger partial charge in [0, 0.05) is 12.5 Å². The fourth-order valence-electron chi connectivity index (χ4n) is 2.66. The highest BCUT2D eigenvalue weighted by molar-refractivity contribution is 5.44. The lowest BCUT2D eigenvalue weighted by atomic mass is 9.88. The van der Waals surface area contributed by atoms with Crippen LogP contribution in [0.25, 0.3) is 0 Å². The van der Waals surface area contributed by atoms with Crippen LogP contribution in [0.4, 0.5) is 0 Å². The van der Waals surface area contributed by atoms with Crippen molar-refractivity contribution < 1.29 is 9.84 Å². The van der Waals surface area contributed by atoms with Crippen LogP contribution >= 0.6 is 0 Å². The number of hydrogen-bond acceptors (Lipinski definition) is 2. The topological polar surface area (TPSA) is 29.5 Å². The zero-order valence-corrected chi connectivity index (χ0v) is 9.70. The van der Waals surface area contributed by atoms with E-state index in [4.69, 9.17) is 4.74 Å². The lowest BCUT2D eigenvalue weighted by Crippen LogP contribution is -2.19. The Morgan fingerprint density at radius 2 is 1.75 bits per heavy atom. The van der Waals surface area contributed by atoms with Crippen LogP contribution in [0.2, 0.25) is 0 Å². The van der Waals surface area contributed by atoms with Crippen LogP contribution < -0.4 is 0 Å². The third-order valence-electron chi connectivity index (χ3n) is 4.00. The minimum atomic E-state index is -0.528. The number of aliphatic hydroxyl groups is 1. The molecule has 2 saturated carbocycles. The first kappa shape index (κ1) is 10.3. The largest absolute Gasteiger partial charge is 0.385 e. The maximum absolute atomic E-state index is 10.3. The van der Waals surface area contributed by atoms with E-state index in [1.54, 1.807) is 7.11 Å². The first-order valence-electron chi connectivity index (χ1n) is 6.02. The summed E-state index contributed by atoms with van der Waals surface area (Å²) < 4.78 is 5.33. The third kappa shape index (κ3) is 1.48. The molecule has 2 fully saturated rings. The smallest absolute Gasteiger partial charge is 0.0901 e. The van der Waals surface area contributed by atoms with Crippen LogP contribution in [0.15, 0.2) is 24.3 Å². The highest BCUT2D eigenvalue weighted by Gasteiger charge is 2.51. The lowest BCUT2D eigenvalue weighted by Gasteiger charge is -2.21. The summed E-state index contributed by atoms with van der Waals surface area (Å²) in [4.78, 5) is 0. The molecule has 2 heteroatoms. The third-order valence-corrected chi connectivity index (χ3v) is 4.00. The van der Waals surface area contributed by atoms with E-state index in [-0.39, 0.29) is 5.41 Å². The van der Waals surface area contributed by atoms with Gasteiger partial charge in [-0.25, -0.2) is 0 Å². The summed E-state index contributed by atoms with van der Waals surface area (Å²) in [7, 11) is 1.76. The van der Waals surface area contributed by atoms with E-state index < -0.39 is 5.60 Å².